The zero-order valence-corrected chi connectivity index (χ0v) is 15.0. The molecule has 1 atom stereocenters. The molecule has 3 heterocycles. The van der Waals surface area contributed by atoms with Crippen molar-refractivity contribution in [3.8, 4) is 0 Å². The topological polar surface area (TPSA) is 78.6 Å². The molecule has 6 heteroatoms. The van der Waals surface area contributed by atoms with Gasteiger partial charge in [0.25, 0.3) is 5.91 Å². The highest BCUT2D eigenvalue weighted by Crippen LogP contribution is 2.27. The SMILES string of the molecule is Cc1cc(C(C)(O)CNC(=O)c2cccnc2N2CCCC2)c(C)o1. The number of nitrogens with zero attached hydrogens (tertiary/aromatic N) is 2. The van der Waals surface area contributed by atoms with Crippen molar-refractivity contribution in [3.05, 3.63) is 47.0 Å². The highest BCUT2D eigenvalue weighted by molar-refractivity contribution is 5.99. The monoisotopic (exact) mass is 343 g/mol. The van der Waals surface area contributed by atoms with Gasteiger partial charge in [-0.05, 0) is 51.8 Å². The Morgan fingerprint density at radius 2 is 2.12 bits per heavy atom. The molecule has 134 valence electrons. The van der Waals surface area contributed by atoms with Crippen LogP contribution < -0.4 is 10.2 Å². The van der Waals surface area contributed by atoms with Gasteiger partial charge in [0.2, 0.25) is 0 Å². The summed E-state index contributed by atoms with van der Waals surface area (Å²) in [6.07, 6.45) is 3.94. The smallest absolute Gasteiger partial charge is 0.255 e. The second kappa shape index (κ2) is 6.88. The van der Waals surface area contributed by atoms with Gasteiger partial charge in [-0.1, -0.05) is 0 Å². The van der Waals surface area contributed by atoms with E-state index < -0.39 is 5.60 Å². The summed E-state index contributed by atoms with van der Waals surface area (Å²) in [4.78, 5) is 19.2. The first-order valence-corrected chi connectivity index (χ1v) is 8.66. The van der Waals surface area contributed by atoms with E-state index in [9.17, 15) is 9.90 Å². The van der Waals surface area contributed by atoms with Gasteiger partial charge in [0.05, 0.1) is 12.1 Å². The third kappa shape index (κ3) is 3.69. The molecule has 0 saturated carbocycles. The van der Waals surface area contributed by atoms with E-state index in [4.69, 9.17) is 4.42 Å². The van der Waals surface area contributed by atoms with Gasteiger partial charge in [0, 0.05) is 24.8 Å². The van der Waals surface area contributed by atoms with Gasteiger partial charge in [-0.25, -0.2) is 4.98 Å². The van der Waals surface area contributed by atoms with E-state index in [1.165, 1.54) is 0 Å². The van der Waals surface area contributed by atoms with Gasteiger partial charge in [-0.3, -0.25) is 4.79 Å². The fraction of sp³-hybridized carbons (Fsp3) is 0.474. The number of aromatic nitrogens is 1. The van der Waals surface area contributed by atoms with E-state index >= 15 is 0 Å². The average Bonchev–Trinajstić information content (AvgIpc) is 3.22. The number of aryl methyl sites for hydroxylation is 2. The zero-order chi connectivity index (χ0) is 18.0. The van der Waals surface area contributed by atoms with Crippen LogP contribution in [-0.2, 0) is 5.60 Å². The van der Waals surface area contributed by atoms with Gasteiger partial charge in [0.1, 0.15) is 22.9 Å². The van der Waals surface area contributed by atoms with Crippen LogP contribution in [0.2, 0.25) is 0 Å². The predicted molar refractivity (Wildman–Crippen MR) is 95.8 cm³/mol. The summed E-state index contributed by atoms with van der Waals surface area (Å²) in [5, 5.41) is 13.6. The standard InChI is InChI=1S/C19H25N3O3/c1-13-11-16(14(2)25-13)19(3,24)12-21-18(23)15-7-6-8-20-17(15)22-9-4-5-10-22/h6-8,11,24H,4-5,9-10,12H2,1-3H3,(H,21,23). The first-order valence-electron chi connectivity index (χ1n) is 8.66. The van der Waals surface area contributed by atoms with Crippen molar-refractivity contribution < 1.29 is 14.3 Å². The predicted octanol–water partition coefficient (Wildman–Crippen LogP) is 2.53. The molecule has 1 aliphatic rings. The van der Waals surface area contributed by atoms with E-state index in [1.54, 1.807) is 31.3 Å². The Hall–Kier alpha value is -2.34. The summed E-state index contributed by atoms with van der Waals surface area (Å²) in [6, 6.07) is 5.34. The van der Waals surface area contributed by atoms with Gasteiger partial charge in [0.15, 0.2) is 0 Å². The molecule has 6 nitrogen and oxygen atoms in total. The molecule has 2 aromatic heterocycles. The zero-order valence-electron chi connectivity index (χ0n) is 15.0. The summed E-state index contributed by atoms with van der Waals surface area (Å²) >= 11 is 0. The Kier molecular flexibility index (Phi) is 4.81. The van der Waals surface area contributed by atoms with Crippen molar-refractivity contribution in [2.75, 3.05) is 24.5 Å². The van der Waals surface area contributed by atoms with Crippen molar-refractivity contribution in [3.63, 3.8) is 0 Å². The minimum Gasteiger partial charge on any atom is -0.466 e. The van der Waals surface area contributed by atoms with E-state index in [0.717, 1.165) is 31.7 Å². The molecule has 25 heavy (non-hydrogen) atoms. The molecule has 0 aromatic carbocycles. The van der Waals surface area contributed by atoms with Crippen molar-refractivity contribution in [2.24, 2.45) is 0 Å². The molecule has 1 unspecified atom stereocenters. The minimum atomic E-state index is -1.20. The fourth-order valence-corrected chi connectivity index (χ4v) is 3.36. The van der Waals surface area contributed by atoms with Crippen LogP contribution in [0.4, 0.5) is 5.82 Å². The number of carbonyl (C=O) groups is 1. The van der Waals surface area contributed by atoms with Crippen molar-refractivity contribution in [2.45, 2.75) is 39.2 Å². The number of carbonyl (C=O) groups excluding carboxylic acids is 1. The molecule has 0 spiro atoms. The molecule has 0 radical (unpaired) electrons. The molecular formula is C19H25N3O3. The van der Waals surface area contributed by atoms with Crippen LogP contribution in [0.25, 0.3) is 0 Å². The van der Waals surface area contributed by atoms with Crippen LogP contribution in [0, 0.1) is 13.8 Å². The van der Waals surface area contributed by atoms with Gasteiger partial charge in [-0.15, -0.1) is 0 Å². The van der Waals surface area contributed by atoms with E-state index in [0.29, 0.717) is 22.7 Å². The number of hydrogen-bond donors (Lipinski definition) is 2. The summed E-state index contributed by atoms with van der Waals surface area (Å²) in [6.45, 7) is 7.26. The molecule has 1 saturated heterocycles. The van der Waals surface area contributed by atoms with Crippen LogP contribution in [0.5, 0.6) is 0 Å². The number of amides is 1. The summed E-state index contributed by atoms with van der Waals surface area (Å²) in [5.74, 6) is 1.89. The molecule has 1 amide bonds. The van der Waals surface area contributed by atoms with E-state index in [2.05, 4.69) is 15.2 Å². The Balaban J connectivity index is 1.74. The lowest BCUT2D eigenvalue weighted by molar-refractivity contribution is 0.0514. The van der Waals surface area contributed by atoms with Crippen LogP contribution in [0.1, 0.15) is 47.2 Å². The first-order chi connectivity index (χ1) is 11.9. The molecule has 2 aromatic rings. The second-order valence-electron chi connectivity index (χ2n) is 6.85. The fourth-order valence-electron chi connectivity index (χ4n) is 3.36. The third-order valence-electron chi connectivity index (χ3n) is 4.65. The second-order valence-corrected chi connectivity index (χ2v) is 6.85. The Labute approximate surface area is 147 Å². The first kappa shape index (κ1) is 17.5. The number of anilines is 1. The Morgan fingerprint density at radius 3 is 2.76 bits per heavy atom. The lowest BCUT2D eigenvalue weighted by Crippen LogP contribution is -2.39. The van der Waals surface area contributed by atoms with Crippen molar-refractivity contribution in [1.82, 2.24) is 10.3 Å². The maximum atomic E-state index is 12.7. The summed E-state index contributed by atoms with van der Waals surface area (Å²) in [7, 11) is 0. The number of furan rings is 1. The maximum absolute atomic E-state index is 12.7. The van der Waals surface area contributed by atoms with Crippen LogP contribution >= 0.6 is 0 Å². The van der Waals surface area contributed by atoms with Crippen LogP contribution in [-0.4, -0.2) is 35.6 Å². The summed E-state index contributed by atoms with van der Waals surface area (Å²) in [5.41, 5.74) is 0.0320. The maximum Gasteiger partial charge on any atom is 0.255 e. The molecule has 1 aliphatic heterocycles. The molecule has 1 fully saturated rings. The highest BCUT2D eigenvalue weighted by atomic mass is 16.3. The number of pyridine rings is 1. The largest absolute Gasteiger partial charge is 0.466 e. The number of hydrogen-bond acceptors (Lipinski definition) is 5. The van der Waals surface area contributed by atoms with Gasteiger partial charge >= 0.3 is 0 Å². The van der Waals surface area contributed by atoms with E-state index in [1.807, 2.05) is 13.8 Å². The van der Waals surface area contributed by atoms with Crippen LogP contribution in [0.3, 0.4) is 0 Å². The number of aliphatic hydroxyl groups is 1. The Morgan fingerprint density at radius 1 is 1.40 bits per heavy atom. The molecule has 3 rings (SSSR count). The van der Waals surface area contributed by atoms with E-state index in [-0.39, 0.29) is 12.5 Å². The minimum absolute atomic E-state index is 0.0972. The average molecular weight is 343 g/mol. The number of rotatable bonds is 5. The highest BCUT2D eigenvalue weighted by Gasteiger charge is 2.29. The number of nitrogens with one attached hydrogen (secondary N) is 1. The normalized spacial score (nSPS) is 16.7. The van der Waals surface area contributed by atoms with Crippen molar-refractivity contribution in [1.29, 1.82) is 0 Å². The Bertz CT molecular complexity index is 761. The molecule has 2 N–H and O–H groups in total. The van der Waals surface area contributed by atoms with Gasteiger partial charge < -0.3 is 19.7 Å². The van der Waals surface area contributed by atoms with Crippen molar-refractivity contribution >= 4 is 11.7 Å². The molecular weight excluding hydrogens is 318 g/mol. The lowest BCUT2D eigenvalue weighted by Gasteiger charge is -2.24. The molecule has 0 bridgehead atoms. The molecule has 0 aliphatic carbocycles. The summed E-state index contributed by atoms with van der Waals surface area (Å²) < 4.78 is 5.49. The third-order valence-corrected chi connectivity index (χ3v) is 4.65. The quantitative estimate of drug-likeness (QED) is 0.872. The van der Waals surface area contributed by atoms with Crippen LogP contribution in [0.15, 0.2) is 28.8 Å². The lowest BCUT2D eigenvalue weighted by atomic mass is 9.96. The van der Waals surface area contributed by atoms with Gasteiger partial charge in [-0.2, -0.15) is 0 Å².